The molecule has 0 heterocycles. The van der Waals surface area contributed by atoms with Gasteiger partial charge < -0.3 is 16.4 Å². The lowest BCUT2D eigenvalue weighted by molar-refractivity contribution is -0.123. The summed E-state index contributed by atoms with van der Waals surface area (Å²) in [6.07, 6.45) is 0.804. The van der Waals surface area contributed by atoms with Crippen LogP contribution in [-0.4, -0.2) is 25.0 Å². The van der Waals surface area contributed by atoms with Crippen molar-refractivity contribution < 1.29 is 9.59 Å². The lowest BCUT2D eigenvalue weighted by Gasteiger charge is -2.21. The van der Waals surface area contributed by atoms with Gasteiger partial charge in [0.25, 0.3) is 0 Å². The Balaban J connectivity index is 4.35. The van der Waals surface area contributed by atoms with E-state index in [1.807, 2.05) is 13.8 Å². The van der Waals surface area contributed by atoms with E-state index in [9.17, 15) is 9.59 Å². The van der Waals surface area contributed by atoms with Crippen molar-refractivity contribution in [1.82, 2.24) is 10.6 Å². The van der Waals surface area contributed by atoms with Crippen LogP contribution in [0.2, 0.25) is 0 Å². The van der Waals surface area contributed by atoms with Gasteiger partial charge in [0, 0.05) is 7.05 Å². The quantitative estimate of drug-likeness (QED) is 0.570. The summed E-state index contributed by atoms with van der Waals surface area (Å²) in [6, 6.07) is -1.21. The summed E-state index contributed by atoms with van der Waals surface area (Å²) in [5.74, 6) is -0.138. The highest BCUT2D eigenvalue weighted by Crippen LogP contribution is 2.07. The number of hydrogen-bond acceptors (Lipinski definition) is 2. The van der Waals surface area contributed by atoms with Crippen LogP contribution in [0.5, 0.6) is 0 Å². The normalized spacial score (nSPS) is 14.4. The van der Waals surface area contributed by atoms with Gasteiger partial charge in [-0.05, 0) is 5.92 Å². The minimum absolute atomic E-state index is 0.0763. The summed E-state index contributed by atoms with van der Waals surface area (Å²) in [5.41, 5.74) is 4.95. The van der Waals surface area contributed by atoms with Crippen LogP contribution in [0.1, 0.15) is 20.3 Å². The molecule has 76 valence electrons. The van der Waals surface area contributed by atoms with E-state index in [4.69, 9.17) is 5.73 Å². The first kappa shape index (κ1) is 11.7. The van der Waals surface area contributed by atoms with E-state index >= 15 is 0 Å². The molecule has 4 N–H and O–H groups in total. The zero-order valence-electron chi connectivity index (χ0n) is 8.26. The predicted octanol–water partition coefficient (Wildman–Crippen LogP) is -0.185. The van der Waals surface area contributed by atoms with E-state index < -0.39 is 12.1 Å². The minimum Gasteiger partial charge on any atom is -0.357 e. The molecule has 0 aliphatic heterocycles. The molecule has 0 aliphatic rings. The Morgan fingerprint density at radius 3 is 2.31 bits per heavy atom. The average molecular weight is 187 g/mol. The van der Waals surface area contributed by atoms with E-state index in [-0.39, 0.29) is 11.8 Å². The monoisotopic (exact) mass is 187 g/mol. The molecule has 0 radical (unpaired) electrons. The first-order chi connectivity index (χ1) is 6.02. The number of rotatable bonds is 4. The summed E-state index contributed by atoms with van der Waals surface area (Å²) < 4.78 is 0. The fraction of sp³-hybridized carbons (Fsp3) is 0.750. The first-order valence-corrected chi connectivity index (χ1v) is 4.30. The topological polar surface area (TPSA) is 84.2 Å². The Bertz CT molecular complexity index is 194. The Morgan fingerprint density at radius 2 is 2.00 bits per heavy atom. The minimum atomic E-state index is -0.672. The fourth-order valence-electron chi connectivity index (χ4n) is 1.01. The lowest BCUT2D eigenvalue weighted by atomic mass is 9.98. The molecular formula is C8H17N3O2. The third-order valence-electron chi connectivity index (χ3n) is 2.04. The maximum Gasteiger partial charge on any atom is 0.312 e. The number of hydrogen-bond donors (Lipinski definition) is 3. The van der Waals surface area contributed by atoms with Crippen molar-refractivity contribution >= 4 is 11.9 Å². The Kier molecular flexibility index (Phi) is 4.87. The molecule has 0 saturated heterocycles. The van der Waals surface area contributed by atoms with Crippen LogP contribution in [0.4, 0.5) is 4.79 Å². The molecule has 3 amide bonds. The van der Waals surface area contributed by atoms with Gasteiger partial charge in [0.05, 0.1) is 0 Å². The van der Waals surface area contributed by atoms with Gasteiger partial charge in [0.2, 0.25) is 5.91 Å². The third-order valence-corrected chi connectivity index (χ3v) is 2.04. The second kappa shape index (κ2) is 5.40. The summed E-state index contributed by atoms with van der Waals surface area (Å²) >= 11 is 0. The molecule has 0 fully saturated rings. The van der Waals surface area contributed by atoms with Crippen molar-refractivity contribution in [2.75, 3.05) is 7.05 Å². The van der Waals surface area contributed by atoms with Crippen molar-refractivity contribution in [3.8, 4) is 0 Å². The van der Waals surface area contributed by atoms with Gasteiger partial charge in [0.15, 0.2) is 0 Å². The van der Waals surface area contributed by atoms with Crippen LogP contribution < -0.4 is 16.4 Å². The Labute approximate surface area is 78.1 Å². The molecular weight excluding hydrogens is 170 g/mol. The van der Waals surface area contributed by atoms with Crippen molar-refractivity contribution in [3.05, 3.63) is 0 Å². The molecule has 0 saturated carbocycles. The molecule has 0 bridgehead atoms. The number of carbonyl (C=O) groups is 2. The zero-order valence-corrected chi connectivity index (χ0v) is 8.26. The second-order valence-electron chi connectivity index (χ2n) is 2.99. The smallest absolute Gasteiger partial charge is 0.312 e. The van der Waals surface area contributed by atoms with Crippen molar-refractivity contribution in [1.29, 1.82) is 0 Å². The van der Waals surface area contributed by atoms with Crippen molar-refractivity contribution in [3.63, 3.8) is 0 Å². The van der Waals surface area contributed by atoms with Gasteiger partial charge in [-0.25, -0.2) is 4.79 Å². The molecule has 0 aromatic carbocycles. The molecule has 0 spiro atoms. The number of carbonyl (C=O) groups excluding carboxylic acids is 2. The van der Waals surface area contributed by atoms with Gasteiger partial charge in [-0.3, -0.25) is 4.79 Å². The molecule has 2 atom stereocenters. The highest BCUT2D eigenvalue weighted by atomic mass is 16.2. The van der Waals surface area contributed by atoms with Crippen LogP contribution in [-0.2, 0) is 4.79 Å². The van der Waals surface area contributed by atoms with Crippen molar-refractivity contribution in [2.45, 2.75) is 26.3 Å². The van der Waals surface area contributed by atoms with Crippen LogP contribution in [0, 0.1) is 5.92 Å². The molecule has 0 aliphatic carbocycles. The fourth-order valence-corrected chi connectivity index (χ4v) is 1.01. The number of nitrogens with one attached hydrogen (secondary N) is 2. The highest BCUT2D eigenvalue weighted by molar-refractivity contribution is 5.86. The van der Waals surface area contributed by atoms with Crippen LogP contribution in [0.3, 0.4) is 0 Å². The van der Waals surface area contributed by atoms with Crippen LogP contribution >= 0.6 is 0 Å². The maximum atomic E-state index is 11.3. The molecule has 0 rings (SSSR count). The van der Waals surface area contributed by atoms with Gasteiger partial charge in [-0.15, -0.1) is 0 Å². The van der Waals surface area contributed by atoms with E-state index in [2.05, 4.69) is 10.6 Å². The third kappa shape index (κ3) is 3.78. The van der Waals surface area contributed by atoms with E-state index in [0.29, 0.717) is 0 Å². The lowest BCUT2D eigenvalue weighted by Crippen LogP contribution is -2.51. The zero-order chi connectivity index (χ0) is 10.4. The number of urea groups is 1. The predicted molar refractivity (Wildman–Crippen MR) is 50.0 cm³/mol. The summed E-state index contributed by atoms with van der Waals surface area (Å²) in [5, 5.41) is 4.88. The molecule has 2 unspecified atom stereocenters. The largest absolute Gasteiger partial charge is 0.357 e. The van der Waals surface area contributed by atoms with E-state index in [1.165, 1.54) is 7.05 Å². The molecule has 13 heavy (non-hydrogen) atoms. The maximum absolute atomic E-state index is 11.3. The summed E-state index contributed by atoms with van der Waals surface area (Å²) in [4.78, 5) is 21.8. The average Bonchev–Trinajstić information content (AvgIpc) is 2.11. The molecule has 5 nitrogen and oxygen atoms in total. The van der Waals surface area contributed by atoms with Gasteiger partial charge >= 0.3 is 6.03 Å². The first-order valence-electron chi connectivity index (χ1n) is 4.30. The second-order valence-corrected chi connectivity index (χ2v) is 2.99. The standard InChI is InChI=1S/C8H17N3O2/c1-4-5(2)6(7(12)10-3)11-8(9)13/h5-6H,4H2,1-3H3,(H,10,12)(H3,9,11,13). The summed E-state index contributed by atoms with van der Waals surface area (Å²) in [7, 11) is 1.53. The Hall–Kier alpha value is -1.26. The number of likely N-dealkylation sites (N-methyl/N-ethyl adjacent to an activating group) is 1. The number of amides is 3. The molecule has 0 aromatic heterocycles. The van der Waals surface area contributed by atoms with Gasteiger partial charge in [-0.1, -0.05) is 20.3 Å². The van der Waals surface area contributed by atoms with Crippen molar-refractivity contribution in [2.24, 2.45) is 11.7 Å². The number of primary amides is 1. The van der Waals surface area contributed by atoms with Crippen LogP contribution in [0.15, 0.2) is 0 Å². The van der Waals surface area contributed by atoms with E-state index in [1.54, 1.807) is 0 Å². The SMILES string of the molecule is CCC(C)C(NC(N)=O)C(=O)NC. The van der Waals surface area contributed by atoms with Gasteiger partial charge in [0.1, 0.15) is 6.04 Å². The molecule has 5 heteroatoms. The summed E-state index contributed by atoms with van der Waals surface area (Å²) in [6.45, 7) is 3.83. The number of nitrogens with two attached hydrogens (primary N) is 1. The highest BCUT2D eigenvalue weighted by Gasteiger charge is 2.23. The van der Waals surface area contributed by atoms with Gasteiger partial charge in [-0.2, -0.15) is 0 Å². The Morgan fingerprint density at radius 1 is 1.46 bits per heavy atom. The molecule has 0 aromatic rings. The van der Waals surface area contributed by atoms with Crippen LogP contribution in [0.25, 0.3) is 0 Å². The van der Waals surface area contributed by atoms with E-state index in [0.717, 1.165) is 6.42 Å².